The van der Waals surface area contributed by atoms with E-state index in [9.17, 15) is 9.59 Å². The van der Waals surface area contributed by atoms with Gasteiger partial charge in [-0.2, -0.15) is 0 Å². The summed E-state index contributed by atoms with van der Waals surface area (Å²) < 4.78 is 0. The molecule has 6 nitrogen and oxygen atoms in total. The van der Waals surface area contributed by atoms with Gasteiger partial charge in [0.15, 0.2) is 0 Å². The van der Waals surface area contributed by atoms with Crippen LogP contribution in [-0.2, 0) is 4.79 Å². The Morgan fingerprint density at radius 1 is 0.964 bits per heavy atom. The number of thiophene rings is 1. The summed E-state index contributed by atoms with van der Waals surface area (Å²) in [7, 11) is 0. The molecule has 0 N–H and O–H groups in total. The topological polar surface area (TPSA) is 66.4 Å². The van der Waals surface area contributed by atoms with Crippen molar-refractivity contribution < 1.29 is 9.59 Å². The molecule has 1 saturated heterocycles. The van der Waals surface area contributed by atoms with Gasteiger partial charge in [0.1, 0.15) is 5.69 Å². The molecule has 0 bridgehead atoms. The summed E-state index contributed by atoms with van der Waals surface area (Å²) in [6, 6.07) is 11.7. The summed E-state index contributed by atoms with van der Waals surface area (Å²) in [5.74, 6) is 0.622. The van der Waals surface area contributed by atoms with Crippen LogP contribution in [0.3, 0.4) is 0 Å². The number of para-hydroxylation sites is 2. The van der Waals surface area contributed by atoms with Crippen LogP contribution in [0.25, 0.3) is 11.0 Å². The number of fused-ring (bicyclic) bond motifs is 1. The van der Waals surface area contributed by atoms with Gasteiger partial charge in [0, 0.05) is 42.9 Å². The third-order valence-corrected chi connectivity index (χ3v) is 6.57. The Hall–Kier alpha value is -2.80. The number of benzene rings is 1. The second-order valence-corrected chi connectivity index (χ2v) is 8.30. The zero-order valence-electron chi connectivity index (χ0n) is 15.3. The van der Waals surface area contributed by atoms with Crippen molar-refractivity contribution in [3.63, 3.8) is 0 Å². The van der Waals surface area contributed by atoms with Gasteiger partial charge < -0.3 is 9.80 Å². The van der Waals surface area contributed by atoms with Gasteiger partial charge in [0.05, 0.1) is 17.2 Å². The molecule has 2 aromatic heterocycles. The SMILES string of the molecule is O=C(c1cnc2ccccc2n1)N1CCN(C(=O)C2CC2c2cccs2)CC1. The number of nitrogens with zero attached hydrogens (tertiary/aromatic N) is 4. The van der Waals surface area contributed by atoms with Crippen LogP contribution in [0.1, 0.15) is 27.7 Å². The largest absolute Gasteiger partial charge is 0.339 e. The Kier molecular flexibility index (Phi) is 4.31. The maximum atomic E-state index is 12.8. The number of carbonyl (C=O) groups excluding carboxylic acids is 2. The van der Waals surface area contributed by atoms with Gasteiger partial charge in [-0.15, -0.1) is 11.3 Å². The molecule has 28 heavy (non-hydrogen) atoms. The van der Waals surface area contributed by atoms with Crippen molar-refractivity contribution in [2.75, 3.05) is 26.2 Å². The Bertz CT molecular complexity index is 1030. The molecule has 1 aromatic carbocycles. The van der Waals surface area contributed by atoms with Crippen LogP contribution in [0, 0.1) is 5.92 Å². The zero-order valence-corrected chi connectivity index (χ0v) is 16.1. The highest BCUT2D eigenvalue weighted by Gasteiger charge is 2.46. The molecular weight excluding hydrogens is 372 g/mol. The van der Waals surface area contributed by atoms with Crippen LogP contribution in [0.2, 0.25) is 0 Å². The second-order valence-electron chi connectivity index (χ2n) is 7.33. The van der Waals surface area contributed by atoms with E-state index in [0.29, 0.717) is 37.8 Å². The Morgan fingerprint density at radius 3 is 2.46 bits per heavy atom. The highest BCUT2D eigenvalue weighted by molar-refractivity contribution is 7.10. The van der Waals surface area contributed by atoms with E-state index in [1.165, 1.54) is 11.1 Å². The lowest BCUT2D eigenvalue weighted by Crippen LogP contribution is -2.51. The quantitative estimate of drug-likeness (QED) is 0.687. The fourth-order valence-corrected chi connectivity index (χ4v) is 4.78. The van der Waals surface area contributed by atoms with Crippen molar-refractivity contribution in [3.8, 4) is 0 Å². The Morgan fingerprint density at radius 2 is 1.71 bits per heavy atom. The number of piperazine rings is 1. The lowest BCUT2D eigenvalue weighted by molar-refractivity contribution is -0.134. The monoisotopic (exact) mass is 392 g/mol. The summed E-state index contributed by atoms with van der Waals surface area (Å²) in [6.07, 6.45) is 2.49. The van der Waals surface area contributed by atoms with Crippen LogP contribution in [0.15, 0.2) is 48.0 Å². The minimum absolute atomic E-state index is 0.117. The normalized spacial score (nSPS) is 21.7. The Balaban J connectivity index is 1.20. The van der Waals surface area contributed by atoms with Crippen molar-refractivity contribution in [1.29, 1.82) is 0 Å². The van der Waals surface area contributed by atoms with Gasteiger partial charge in [0.2, 0.25) is 5.91 Å². The average Bonchev–Trinajstić information content (AvgIpc) is 3.36. The minimum Gasteiger partial charge on any atom is -0.339 e. The van der Waals surface area contributed by atoms with Crippen molar-refractivity contribution in [1.82, 2.24) is 19.8 Å². The maximum Gasteiger partial charge on any atom is 0.274 e. The number of rotatable bonds is 3. The van der Waals surface area contributed by atoms with E-state index in [2.05, 4.69) is 21.4 Å². The molecule has 2 aliphatic rings. The molecule has 5 rings (SSSR count). The van der Waals surface area contributed by atoms with E-state index in [1.54, 1.807) is 16.2 Å². The van der Waals surface area contributed by atoms with E-state index in [1.807, 2.05) is 35.2 Å². The fraction of sp³-hybridized carbons (Fsp3) is 0.333. The molecule has 142 valence electrons. The second kappa shape index (κ2) is 6.98. The van der Waals surface area contributed by atoms with Gasteiger partial charge in [-0.3, -0.25) is 14.6 Å². The van der Waals surface area contributed by atoms with Gasteiger partial charge in [-0.25, -0.2) is 4.98 Å². The molecule has 2 atom stereocenters. The molecule has 7 heteroatoms. The molecule has 1 aliphatic carbocycles. The molecule has 0 spiro atoms. The van der Waals surface area contributed by atoms with Gasteiger partial charge in [-0.05, 0) is 30.0 Å². The third-order valence-electron chi connectivity index (χ3n) is 5.56. The molecule has 0 radical (unpaired) electrons. The predicted molar refractivity (Wildman–Crippen MR) is 107 cm³/mol. The Labute approximate surface area is 166 Å². The first kappa shape index (κ1) is 17.3. The first-order chi connectivity index (χ1) is 13.7. The van der Waals surface area contributed by atoms with Crippen LogP contribution in [0.5, 0.6) is 0 Å². The maximum absolute atomic E-state index is 12.8. The molecule has 2 amide bonds. The molecule has 1 aliphatic heterocycles. The van der Waals surface area contributed by atoms with Gasteiger partial charge in [-0.1, -0.05) is 18.2 Å². The summed E-state index contributed by atoms with van der Waals surface area (Å²) in [4.78, 5) is 39.3. The van der Waals surface area contributed by atoms with Crippen molar-refractivity contribution >= 4 is 34.2 Å². The lowest BCUT2D eigenvalue weighted by Gasteiger charge is -2.34. The van der Waals surface area contributed by atoms with E-state index in [0.717, 1.165) is 17.5 Å². The van der Waals surface area contributed by atoms with Crippen molar-refractivity contribution in [3.05, 3.63) is 58.5 Å². The molecule has 2 unspecified atom stereocenters. The minimum atomic E-state index is -0.117. The molecular formula is C21H20N4O2S. The molecule has 3 heterocycles. The van der Waals surface area contributed by atoms with E-state index >= 15 is 0 Å². The van der Waals surface area contributed by atoms with Crippen LogP contribution in [-0.4, -0.2) is 57.8 Å². The number of aromatic nitrogens is 2. The first-order valence-corrected chi connectivity index (χ1v) is 10.4. The summed E-state index contributed by atoms with van der Waals surface area (Å²) in [5, 5.41) is 2.06. The molecule has 1 saturated carbocycles. The van der Waals surface area contributed by atoms with Crippen molar-refractivity contribution in [2.45, 2.75) is 12.3 Å². The number of hydrogen-bond acceptors (Lipinski definition) is 5. The van der Waals surface area contributed by atoms with Crippen LogP contribution < -0.4 is 0 Å². The first-order valence-electron chi connectivity index (χ1n) is 9.54. The number of amides is 2. The number of carbonyl (C=O) groups is 2. The lowest BCUT2D eigenvalue weighted by atomic mass is 10.2. The summed E-state index contributed by atoms with van der Waals surface area (Å²) in [5.41, 5.74) is 1.85. The van der Waals surface area contributed by atoms with Gasteiger partial charge in [0.25, 0.3) is 5.91 Å². The third kappa shape index (κ3) is 3.16. The molecule has 2 fully saturated rings. The highest BCUT2D eigenvalue weighted by Crippen LogP contribution is 2.50. The van der Waals surface area contributed by atoms with E-state index in [4.69, 9.17) is 0 Å². The summed E-state index contributed by atoms with van der Waals surface area (Å²) >= 11 is 1.73. The smallest absolute Gasteiger partial charge is 0.274 e. The van der Waals surface area contributed by atoms with E-state index in [-0.39, 0.29) is 17.7 Å². The van der Waals surface area contributed by atoms with Crippen LogP contribution >= 0.6 is 11.3 Å². The average molecular weight is 392 g/mol. The summed E-state index contributed by atoms with van der Waals surface area (Å²) in [6.45, 7) is 2.24. The highest BCUT2D eigenvalue weighted by atomic mass is 32.1. The predicted octanol–water partition coefficient (Wildman–Crippen LogP) is 2.78. The van der Waals surface area contributed by atoms with Crippen molar-refractivity contribution in [2.24, 2.45) is 5.92 Å². The van der Waals surface area contributed by atoms with Crippen LogP contribution in [0.4, 0.5) is 0 Å². The molecule has 3 aromatic rings. The zero-order chi connectivity index (χ0) is 19.1. The number of hydrogen-bond donors (Lipinski definition) is 0. The van der Waals surface area contributed by atoms with Gasteiger partial charge >= 0.3 is 0 Å². The standard InChI is InChI=1S/C21H20N4O2S/c26-20(15-12-14(15)19-6-3-11-28-19)24-7-9-25(10-8-24)21(27)18-13-22-16-4-1-2-5-17(16)23-18/h1-6,11,13-15H,7-10,12H2. The fourth-order valence-electron chi connectivity index (χ4n) is 3.87. The van der Waals surface area contributed by atoms with E-state index < -0.39 is 0 Å².